The Labute approximate surface area is 48.2 Å². The highest BCUT2D eigenvalue weighted by molar-refractivity contribution is 5.33. The fourth-order valence-electron chi connectivity index (χ4n) is 0.751. The molecule has 0 radical (unpaired) electrons. The monoisotopic (exact) mass is 116 g/mol. The molecule has 0 unspecified atom stereocenters. The Bertz CT molecular complexity index is 78.5. The first kappa shape index (κ1) is 5.72. The number of nitrogens with one attached hydrogen (secondary N) is 1. The van der Waals surface area contributed by atoms with E-state index in [0.717, 1.165) is 37.6 Å². The Morgan fingerprint density at radius 1 is 1.38 bits per heavy atom. The number of hydrogen-bond acceptors (Lipinski definition) is 2. The van der Waals surface area contributed by atoms with Crippen molar-refractivity contribution in [1.82, 2.24) is 0 Å². The van der Waals surface area contributed by atoms with Gasteiger partial charge in [0.15, 0.2) is 0 Å². The van der Waals surface area contributed by atoms with Crippen molar-refractivity contribution in [2.24, 2.45) is 0 Å². The second-order valence-corrected chi connectivity index (χ2v) is 1.89. The topological polar surface area (TPSA) is 30.7 Å². The van der Waals surface area contributed by atoms with Crippen LogP contribution in [0.15, 0.2) is 0 Å². The van der Waals surface area contributed by atoms with Crippen molar-refractivity contribution in [2.75, 3.05) is 26.3 Å². The van der Waals surface area contributed by atoms with E-state index in [-0.39, 0.29) is 0 Å². The molecule has 1 rings (SSSR count). The lowest BCUT2D eigenvalue weighted by molar-refractivity contribution is -0.820. The first-order valence-corrected chi connectivity index (χ1v) is 2.81. The molecular weight excluding hydrogens is 106 g/mol. The Morgan fingerprint density at radius 2 is 2.00 bits per heavy atom. The molecule has 1 N–H and O–H groups in total. The molecule has 1 fully saturated rings. The average Bonchev–Trinajstić information content (AvgIpc) is 1.90. The molecule has 8 heavy (non-hydrogen) atoms. The van der Waals surface area contributed by atoms with Crippen molar-refractivity contribution < 1.29 is 14.4 Å². The third-order valence-corrected chi connectivity index (χ3v) is 1.30. The number of amides is 1. The minimum absolute atomic E-state index is 0.730. The smallest absolute Gasteiger partial charge is 0.300 e. The van der Waals surface area contributed by atoms with Gasteiger partial charge in [0.25, 0.3) is 6.41 Å². The molecule has 0 aromatic rings. The molecule has 1 aliphatic rings. The lowest BCUT2D eigenvalue weighted by atomic mass is 10.5. The summed E-state index contributed by atoms with van der Waals surface area (Å²) >= 11 is 0. The van der Waals surface area contributed by atoms with Crippen LogP contribution in [0.5, 0.6) is 0 Å². The summed E-state index contributed by atoms with van der Waals surface area (Å²) in [4.78, 5) is 11.1. The SMILES string of the molecule is O=C[NH+]1CCOCC1. The van der Waals surface area contributed by atoms with Crippen molar-refractivity contribution >= 4 is 6.41 Å². The molecule has 1 heterocycles. The largest absolute Gasteiger partial charge is 0.370 e. The Hall–Kier alpha value is -0.410. The van der Waals surface area contributed by atoms with Gasteiger partial charge in [-0.1, -0.05) is 0 Å². The number of ether oxygens (including phenoxy) is 1. The van der Waals surface area contributed by atoms with Crippen LogP contribution >= 0.6 is 0 Å². The van der Waals surface area contributed by atoms with Crippen LogP contribution in [0.3, 0.4) is 0 Å². The number of carbonyl (C=O) groups excluding carboxylic acids is 1. The number of hydrogen-bond donors (Lipinski definition) is 1. The number of carbonyl (C=O) groups is 1. The number of quaternary nitrogens is 1. The Kier molecular flexibility index (Phi) is 2.00. The third-order valence-electron chi connectivity index (χ3n) is 1.30. The molecular formula is C5H10NO2+. The van der Waals surface area contributed by atoms with Crippen LogP contribution in [0.4, 0.5) is 0 Å². The van der Waals surface area contributed by atoms with E-state index < -0.39 is 0 Å². The zero-order valence-electron chi connectivity index (χ0n) is 4.72. The summed E-state index contributed by atoms with van der Waals surface area (Å²) in [6, 6.07) is 0. The van der Waals surface area contributed by atoms with Crippen LogP contribution in [0, 0.1) is 0 Å². The molecule has 0 aliphatic carbocycles. The summed E-state index contributed by atoms with van der Waals surface area (Å²) in [5.74, 6) is 0. The number of rotatable bonds is 1. The van der Waals surface area contributed by atoms with Crippen LogP contribution in [0.1, 0.15) is 0 Å². The lowest BCUT2D eigenvalue weighted by Gasteiger charge is -2.16. The van der Waals surface area contributed by atoms with E-state index in [4.69, 9.17) is 4.74 Å². The van der Waals surface area contributed by atoms with E-state index in [1.54, 1.807) is 0 Å². The predicted octanol–water partition coefficient (Wildman–Crippen LogP) is -1.94. The van der Waals surface area contributed by atoms with E-state index in [9.17, 15) is 4.79 Å². The van der Waals surface area contributed by atoms with Crippen LogP contribution in [0.2, 0.25) is 0 Å². The first-order valence-electron chi connectivity index (χ1n) is 2.81. The van der Waals surface area contributed by atoms with Gasteiger partial charge in [0, 0.05) is 0 Å². The molecule has 1 aliphatic heterocycles. The molecule has 0 spiro atoms. The molecule has 0 atom stereocenters. The third kappa shape index (κ3) is 1.28. The maximum absolute atomic E-state index is 10.1. The van der Waals surface area contributed by atoms with Crippen molar-refractivity contribution in [3.8, 4) is 0 Å². The van der Waals surface area contributed by atoms with Crippen molar-refractivity contribution in [1.29, 1.82) is 0 Å². The van der Waals surface area contributed by atoms with Gasteiger partial charge in [0.05, 0.1) is 13.2 Å². The summed E-state index contributed by atoms with van der Waals surface area (Å²) < 4.78 is 5.02. The van der Waals surface area contributed by atoms with Crippen LogP contribution in [-0.2, 0) is 9.53 Å². The fourth-order valence-corrected chi connectivity index (χ4v) is 0.751. The van der Waals surface area contributed by atoms with Gasteiger partial charge < -0.3 is 4.74 Å². The Balaban J connectivity index is 2.22. The summed E-state index contributed by atoms with van der Waals surface area (Å²) in [5.41, 5.74) is 0. The van der Waals surface area contributed by atoms with Gasteiger partial charge >= 0.3 is 0 Å². The molecule has 3 nitrogen and oxygen atoms in total. The average molecular weight is 116 g/mol. The highest BCUT2D eigenvalue weighted by Crippen LogP contribution is 1.71. The highest BCUT2D eigenvalue weighted by atomic mass is 16.5. The van der Waals surface area contributed by atoms with E-state index in [1.807, 2.05) is 0 Å². The lowest BCUT2D eigenvalue weighted by Crippen LogP contribution is -3.13. The van der Waals surface area contributed by atoms with Crippen LogP contribution in [0.25, 0.3) is 0 Å². The van der Waals surface area contributed by atoms with Crippen LogP contribution in [-0.4, -0.2) is 32.7 Å². The van der Waals surface area contributed by atoms with E-state index in [0.29, 0.717) is 0 Å². The molecule has 1 amide bonds. The molecule has 0 aromatic heterocycles. The van der Waals surface area contributed by atoms with E-state index in [1.165, 1.54) is 0 Å². The first-order chi connectivity index (χ1) is 3.93. The maximum Gasteiger partial charge on any atom is 0.300 e. The molecule has 1 saturated heterocycles. The summed E-state index contributed by atoms with van der Waals surface area (Å²) in [6.07, 6.45) is 0.947. The Morgan fingerprint density at radius 3 is 2.38 bits per heavy atom. The molecule has 46 valence electrons. The van der Waals surface area contributed by atoms with Gasteiger partial charge in [0.1, 0.15) is 13.1 Å². The van der Waals surface area contributed by atoms with Gasteiger partial charge in [-0.3, -0.25) is 4.90 Å². The molecule has 0 saturated carbocycles. The van der Waals surface area contributed by atoms with Crippen molar-refractivity contribution in [3.05, 3.63) is 0 Å². The fraction of sp³-hybridized carbons (Fsp3) is 0.800. The summed E-state index contributed by atoms with van der Waals surface area (Å²) in [6.45, 7) is 3.13. The highest BCUT2D eigenvalue weighted by Gasteiger charge is 2.10. The zero-order chi connectivity index (χ0) is 5.82. The van der Waals surface area contributed by atoms with E-state index >= 15 is 0 Å². The predicted molar refractivity (Wildman–Crippen MR) is 27.6 cm³/mol. The number of morpholine rings is 1. The van der Waals surface area contributed by atoms with Gasteiger partial charge in [-0.25, -0.2) is 4.79 Å². The maximum atomic E-state index is 10.1. The second kappa shape index (κ2) is 2.79. The summed E-state index contributed by atoms with van der Waals surface area (Å²) in [5, 5.41) is 0. The van der Waals surface area contributed by atoms with Gasteiger partial charge in [0.2, 0.25) is 0 Å². The summed E-state index contributed by atoms with van der Waals surface area (Å²) in [7, 11) is 0. The van der Waals surface area contributed by atoms with Crippen LogP contribution < -0.4 is 4.90 Å². The molecule has 3 heteroatoms. The van der Waals surface area contributed by atoms with Gasteiger partial charge in [-0.05, 0) is 0 Å². The zero-order valence-corrected chi connectivity index (χ0v) is 4.72. The molecule has 0 aromatic carbocycles. The van der Waals surface area contributed by atoms with Gasteiger partial charge in [-0.2, -0.15) is 0 Å². The minimum Gasteiger partial charge on any atom is -0.370 e. The van der Waals surface area contributed by atoms with E-state index in [2.05, 4.69) is 0 Å². The quantitative estimate of drug-likeness (QED) is 0.404. The standard InChI is InChI=1S/C5H9NO2/c7-5-6-1-3-8-4-2-6/h5H,1-4H2/p+1. The van der Waals surface area contributed by atoms with Gasteiger partial charge in [-0.15, -0.1) is 0 Å². The van der Waals surface area contributed by atoms with Crippen molar-refractivity contribution in [2.45, 2.75) is 0 Å². The normalized spacial score (nSPS) is 23.0. The van der Waals surface area contributed by atoms with Crippen molar-refractivity contribution in [3.63, 3.8) is 0 Å². The molecule has 0 bridgehead atoms. The minimum atomic E-state index is 0.730. The second-order valence-electron chi connectivity index (χ2n) is 1.89.